The number of hydrazine groups is 1. The van der Waals surface area contributed by atoms with Gasteiger partial charge in [-0.3, -0.25) is 10.2 Å². The summed E-state index contributed by atoms with van der Waals surface area (Å²) < 4.78 is 0. The van der Waals surface area contributed by atoms with E-state index in [2.05, 4.69) is 12.0 Å². The summed E-state index contributed by atoms with van der Waals surface area (Å²) >= 11 is 0. The molecule has 0 aliphatic carbocycles. The van der Waals surface area contributed by atoms with E-state index in [4.69, 9.17) is 0 Å². The lowest BCUT2D eigenvalue weighted by Gasteiger charge is -2.15. The lowest BCUT2D eigenvalue weighted by molar-refractivity contribution is -0.117. The van der Waals surface area contributed by atoms with E-state index in [1.54, 1.807) is 0 Å². The number of benzene rings is 1. The average Bonchev–Trinajstić information content (AvgIpc) is 2.47. The van der Waals surface area contributed by atoms with Crippen molar-refractivity contribution in [2.45, 2.75) is 6.42 Å². The summed E-state index contributed by atoms with van der Waals surface area (Å²) in [5, 5.41) is 1.52. The van der Waals surface area contributed by atoms with Crippen LogP contribution in [-0.4, -0.2) is 5.91 Å². The maximum Gasteiger partial charge on any atom is 0.251 e. The van der Waals surface area contributed by atoms with Gasteiger partial charge >= 0.3 is 0 Å². The van der Waals surface area contributed by atoms with E-state index in [-0.39, 0.29) is 5.91 Å². The molecule has 0 unspecified atom stereocenters. The van der Waals surface area contributed by atoms with E-state index < -0.39 is 0 Å². The lowest BCUT2D eigenvalue weighted by atomic mass is 10.3. The van der Waals surface area contributed by atoms with Crippen LogP contribution in [0.2, 0.25) is 0 Å². The van der Waals surface area contributed by atoms with Crippen LogP contribution in [0.3, 0.4) is 0 Å². The van der Waals surface area contributed by atoms with Gasteiger partial charge in [0.25, 0.3) is 5.91 Å². The third-order valence-electron chi connectivity index (χ3n) is 1.90. The van der Waals surface area contributed by atoms with E-state index >= 15 is 0 Å². The highest BCUT2D eigenvalue weighted by molar-refractivity contribution is 5.96. The van der Waals surface area contributed by atoms with Gasteiger partial charge in [0.1, 0.15) is 0 Å². The molecule has 2 rings (SSSR count). The summed E-state index contributed by atoms with van der Waals surface area (Å²) in [7, 11) is 0. The number of hydrogen-bond acceptors (Lipinski definition) is 2. The van der Waals surface area contributed by atoms with Crippen molar-refractivity contribution in [3.8, 4) is 0 Å². The molecule has 1 aliphatic rings. The Balaban J connectivity index is 2.28. The van der Waals surface area contributed by atoms with Crippen molar-refractivity contribution in [2.75, 3.05) is 5.01 Å². The summed E-state index contributed by atoms with van der Waals surface area (Å²) in [5.74, 6) is 0.0381. The minimum Gasteiger partial charge on any atom is -0.296 e. The largest absolute Gasteiger partial charge is 0.296 e. The lowest BCUT2D eigenvalue weighted by Crippen LogP contribution is -2.33. The number of carbonyl (C=O) groups is 1. The first-order chi connectivity index (χ1) is 6.27. The first-order valence-electron chi connectivity index (χ1n) is 4.10. The topological polar surface area (TPSA) is 32.3 Å². The molecule has 1 amide bonds. The number of nitrogens with zero attached hydrogens (tertiary/aromatic N) is 1. The molecule has 3 heteroatoms. The van der Waals surface area contributed by atoms with Gasteiger partial charge in [0.15, 0.2) is 0 Å². The van der Waals surface area contributed by atoms with Crippen molar-refractivity contribution in [3.05, 3.63) is 42.6 Å². The standard InChI is InChI=1S/C10H10N2O/c1-8-7-10(13)12(11-8)9-5-3-2-4-6-9/h2-6,11H,1,7H2. The van der Waals surface area contributed by atoms with Crippen LogP contribution in [0.25, 0.3) is 0 Å². The molecule has 1 N–H and O–H groups in total. The van der Waals surface area contributed by atoms with Crippen LogP contribution in [0.15, 0.2) is 42.6 Å². The fraction of sp³-hybridized carbons (Fsp3) is 0.100. The molecule has 0 spiro atoms. The van der Waals surface area contributed by atoms with E-state index in [1.165, 1.54) is 5.01 Å². The van der Waals surface area contributed by atoms with Crippen molar-refractivity contribution in [1.29, 1.82) is 0 Å². The molecule has 0 atom stereocenters. The molecule has 0 aromatic heterocycles. The van der Waals surface area contributed by atoms with Crippen LogP contribution >= 0.6 is 0 Å². The second-order valence-corrected chi connectivity index (χ2v) is 2.96. The third kappa shape index (κ3) is 1.40. The molecule has 3 nitrogen and oxygen atoms in total. The van der Waals surface area contributed by atoms with Gasteiger partial charge < -0.3 is 0 Å². The molecular formula is C10H10N2O. The number of para-hydroxylation sites is 1. The molecule has 0 radical (unpaired) electrons. The molecule has 1 fully saturated rings. The summed E-state index contributed by atoms with van der Waals surface area (Å²) in [6.45, 7) is 3.71. The van der Waals surface area contributed by atoms with Gasteiger partial charge in [-0.2, -0.15) is 0 Å². The second kappa shape index (κ2) is 2.94. The Bertz CT molecular complexity index is 345. The normalized spacial score (nSPS) is 16.2. The van der Waals surface area contributed by atoms with Crippen molar-refractivity contribution >= 4 is 11.6 Å². The van der Waals surface area contributed by atoms with Gasteiger partial charge in [-0.05, 0) is 12.1 Å². The van der Waals surface area contributed by atoms with Gasteiger partial charge in [0, 0.05) is 5.70 Å². The SMILES string of the molecule is C=C1CC(=O)N(c2ccccc2)N1. The number of hydrogen-bond donors (Lipinski definition) is 1. The fourth-order valence-corrected chi connectivity index (χ4v) is 1.31. The molecule has 1 heterocycles. The van der Waals surface area contributed by atoms with Gasteiger partial charge in [-0.1, -0.05) is 24.8 Å². The van der Waals surface area contributed by atoms with Crippen LogP contribution in [0, 0.1) is 0 Å². The van der Waals surface area contributed by atoms with Crippen molar-refractivity contribution in [3.63, 3.8) is 0 Å². The van der Waals surface area contributed by atoms with Crippen molar-refractivity contribution in [1.82, 2.24) is 5.43 Å². The van der Waals surface area contributed by atoms with Crippen LogP contribution in [0.5, 0.6) is 0 Å². The summed E-state index contributed by atoms with van der Waals surface area (Å²) in [6.07, 6.45) is 0.384. The second-order valence-electron chi connectivity index (χ2n) is 2.96. The summed E-state index contributed by atoms with van der Waals surface area (Å²) in [4.78, 5) is 11.4. The minimum atomic E-state index is 0.0381. The van der Waals surface area contributed by atoms with E-state index in [0.29, 0.717) is 6.42 Å². The highest BCUT2D eigenvalue weighted by atomic mass is 16.2. The van der Waals surface area contributed by atoms with Crippen LogP contribution in [0.1, 0.15) is 6.42 Å². The quantitative estimate of drug-likeness (QED) is 0.698. The monoisotopic (exact) mass is 174 g/mol. The zero-order chi connectivity index (χ0) is 9.26. The molecule has 1 aromatic carbocycles. The van der Waals surface area contributed by atoms with Crippen LogP contribution in [0.4, 0.5) is 5.69 Å². The highest BCUT2D eigenvalue weighted by Gasteiger charge is 2.23. The number of amides is 1. The summed E-state index contributed by atoms with van der Waals surface area (Å²) in [5.41, 5.74) is 4.51. The predicted molar refractivity (Wildman–Crippen MR) is 50.8 cm³/mol. The Morgan fingerprint density at radius 1 is 1.31 bits per heavy atom. The average molecular weight is 174 g/mol. The van der Waals surface area contributed by atoms with Crippen molar-refractivity contribution in [2.24, 2.45) is 0 Å². The van der Waals surface area contributed by atoms with Gasteiger partial charge in [0.05, 0.1) is 12.1 Å². The van der Waals surface area contributed by atoms with Crippen LogP contribution in [-0.2, 0) is 4.79 Å². The Morgan fingerprint density at radius 2 is 2.00 bits per heavy atom. The molecule has 1 aromatic rings. The smallest absolute Gasteiger partial charge is 0.251 e. The Labute approximate surface area is 76.6 Å². The molecule has 1 saturated heterocycles. The van der Waals surface area contributed by atoms with E-state index in [0.717, 1.165) is 11.4 Å². The van der Waals surface area contributed by atoms with Crippen LogP contribution < -0.4 is 10.4 Å². The molecule has 0 saturated carbocycles. The summed E-state index contributed by atoms with van der Waals surface area (Å²) in [6, 6.07) is 9.46. The number of rotatable bonds is 1. The highest BCUT2D eigenvalue weighted by Crippen LogP contribution is 2.18. The zero-order valence-corrected chi connectivity index (χ0v) is 7.16. The number of anilines is 1. The van der Waals surface area contributed by atoms with Gasteiger partial charge in [0.2, 0.25) is 0 Å². The molecule has 1 aliphatic heterocycles. The third-order valence-corrected chi connectivity index (χ3v) is 1.90. The number of nitrogens with one attached hydrogen (secondary N) is 1. The predicted octanol–water partition coefficient (Wildman–Crippen LogP) is 1.44. The Hall–Kier alpha value is -1.77. The maximum absolute atomic E-state index is 11.4. The molecule has 13 heavy (non-hydrogen) atoms. The first-order valence-corrected chi connectivity index (χ1v) is 4.10. The zero-order valence-electron chi connectivity index (χ0n) is 7.16. The first kappa shape index (κ1) is 7.86. The van der Waals surface area contributed by atoms with Gasteiger partial charge in [-0.25, -0.2) is 5.01 Å². The molecule has 66 valence electrons. The Kier molecular flexibility index (Phi) is 1.77. The fourth-order valence-electron chi connectivity index (χ4n) is 1.31. The maximum atomic E-state index is 11.4. The molecular weight excluding hydrogens is 164 g/mol. The van der Waals surface area contributed by atoms with E-state index in [1.807, 2.05) is 30.3 Å². The van der Waals surface area contributed by atoms with E-state index in [9.17, 15) is 4.79 Å². The van der Waals surface area contributed by atoms with Crippen molar-refractivity contribution < 1.29 is 4.79 Å². The Morgan fingerprint density at radius 3 is 2.54 bits per heavy atom. The molecule has 0 bridgehead atoms. The minimum absolute atomic E-state index is 0.0381. The van der Waals surface area contributed by atoms with Gasteiger partial charge in [-0.15, -0.1) is 0 Å². The number of carbonyl (C=O) groups excluding carboxylic acids is 1.